The molecule has 3 heterocycles. The number of hydrogen-bond donors (Lipinski definition) is 2. The Morgan fingerprint density at radius 1 is 1.36 bits per heavy atom. The fourth-order valence-corrected chi connectivity index (χ4v) is 3.25. The monoisotopic (exact) mass is 354 g/mol. The van der Waals surface area contributed by atoms with E-state index in [4.69, 9.17) is 0 Å². The van der Waals surface area contributed by atoms with Crippen LogP contribution in [0, 0.1) is 6.92 Å². The predicted octanol–water partition coefficient (Wildman–Crippen LogP) is 2.62. The third-order valence-corrected chi connectivity index (χ3v) is 4.90. The van der Waals surface area contributed by atoms with Crippen molar-refractivity contribution in [3.8, 4) is 11.4 Å². The number of amides is 1. The van der Waals surface area contributed by atoms with Crippen molar-refractivity contribution in [2.45, 2.75) is 26.3 Å². The highest BCUT2D eigenvalue weighted by atomic mass is 32.1. The van der Waals surface area contributed by atoms with Gasteiger partial charge in [0, 0.05) is 34.1 Å². The molecule has 3 rings (SSSR count). The van der Waals surface area contributed by atoms with Crippen LogP contribution in [0.5, 0.6) is 0 Å². The smallest absolute Gasteiger partial charge is 0.255 e. The zero-order valence-corrected chi connectivity index (χ0v) is 14.8. The van der Waals surface area contributed by atoms with Crippen LogP contribution in [-0.2, 0) is 11.2 Å². The number of hydrogen-bond acceptors (Lipinski definition) is 5. The van der Waals surface area contributed by atoms with Gasteiger partial charge in [0.1, 0.15) is 5.82 Å². The van der Waals surface area contributed by atoms with Crippen LogP contribution in [0.3, 0.4) is 0 Å². The van der Waals surface area contributed by atoms with Gasteiger partial charge in [0.2, 0.25) is 5.91 Å². The topological polar surface area (TPSA) is 87.7 Å². The fraction of sp³-hybridized carbons (Fsp3) is 0.222. The van der Waals surface area contributed by atoms with Gasteiger partial charge in [-0.05, 0) is 37.4 Å². The molecule has 0 saturated carbocycles. The molecule has 0 aromatic carbocycles. The Morgan fingerprint density at radius 2 is 2.20 bits per heavy atom. The number of aryl methyl sites for hydroxylation is 1. The summed E-state index contributed by atoms with van der Waals surface area (Å²) >= 11 is 1.58. The number of carbonyl (C=O) groups excluding carboxylic acids is 1. The second-order valence-electron chi connectivity index (χ2n) is 5.70. The van der Waals surface area contributed by atoms with Crippen LogP contribution >= 0.6 is 11.3 Å². The minimum Gasteiger partial charge on any atom is -0.348 e. The number of rotatable bonds is 5. The van der Waals surface area contributed by atoms with E-state index in [-0.39, 0.29) is 23.9 Å². The number of nitrogens with one attached hydrogen (secondary N) is 2. The molecule has 128 valence electrons. The fourth-order valence-electron chi connectivity index (χ4n) is 2.52. The summed E-state index contributed by atoms with van der Waals surface area (Å²) in [5.74, 6) is 0.247. The Labute approximate surface area is 149 Å². The molecular formula is C18H18N4O2S. The summed E-state index contributed by atoms with van der Waals surface area (Å²) in [6, 6.07) is 7.42. The van der Waals surface area contributed by atoms with Crippen LogP contribution < -0.4 is 10.9 Å². The summed E-state index contributed by atoms with van der Waals surface area (Å²) in [7, 11) is 0. The van der Waals surface area contributed by atoms with Crippen LogP contribution in [0.1, 0.15) is 29.1 Å². The largest absolute Gasteiger partial charge is 0.348 e. The van der Waals surface area contributed by atoms with Gasteiger partial charge < -0.3 is 10.3 Å². The number of aromatic amines is 1. The molecule has 2 N–H and O–H groups in total. The zero-order valence-electron chi connectivity index (χ0n) is 13.9. The van der Waals surface area contributed by atoms with Crippen molar-refractivity contribution in [2.24, 2.45) is 0 Å². The predicted molar refractivity (Wildman–Crippen MR) is 97.4 cm³/mol. The molecule has 0 spiro atoms. The lowest BCUT2D eigenvalue weighted by Crippen LogP contribution is -2.30. The van der Waals surface area contributed by atoms with Crippen LogP contribution in [0.15, 0.2) is 46.8 Å². The summed E-state index contributed by atoms with van der Waals surface area (Å²) in [6.45, 7) is 3.66. The summed E-state index contributed by atoms with van der Waals surface area (Å²) in [5, 5.41) is 4.88. The summed E-state index contributed by atoms with van der Waals surface area (Å²) < 4.78 is 0. The van der Waals surface area contributed by atoms with E-state index in [9.17, 15) is 9.59 Å². The minimum absolute atomic E-state index is 0.00278. The SMILES string of the molecule is Cc1nc(-c2cccnc2)[nH]c(=O)c1CC(=O)NC(C)c1cccs1. The van der Waals surface area contributed by atoms with E-state index in [1.54, 1.807) is 36.7 Å². The Hall–Kier alpha value is -2.80. The van der Waals surface area contributed by atoms with Crippen molar-refractivity contribution in [2.75, 3.05) is 0 Å². The molecule has 1 amide bonds. The van der Waals surface area contributed by atoms with Gasteiger partial charge in [-0.1, -0.05) is 6.07 Å². The first-order chi connectivity index (χ1) is 12.0. The molecular weight excluding hydrogens is 336 g/mol. The lowest BCUT2D eigenvalue weighted by Gasteiger charge is -2.13. The van der Waals surface area contributed by atoms with E-state index in [2.05, 4.69) is 20.3 Å². The number of carbonyl (C=O) groups is 1. The quantitative estimate of drug-likeness (QED) is 0.737. The lowest BCUT2D eigenvalue weighted by atomic mass is 10.1. The normalized spacial score (nSPS) is 11.9. The van der Waals surface area contributed by atoms with E-state index < -0.39 is 0 Å². The first-order valence-corrected chi connectivity index (χ1v) is 8.75. The first kappa shape index (κ1) is 17.0. The highest BCUT2D eigenvalue weighted by Crippen LogP contribution is 2.18. The van der Waals surface area contributed by atoms with Crippen LogP contribution in [0.25, 0.3) is 11.4 Å². The van der Waals surface area contributed by atoms with Gasteiger partial charge in [0.25, 0.3) is 5.56 Å². The van der Waals surface area contributed by atoms with Gasteiger partial charge in [0.05, 0.1) is 12.5 Å². The maximum Gasteiger partial charge on any atom is 0.255 e. The molecule has 3 aromatic rings. The van der Waals surface area contributed by atoms with E-state index >= 15 is 0 Å². The van der Waals surface area contributed by atoms with E-state index in [1.807, 2.05) is 30.5 Å². The molecule has 6 nitrogen and oxygen atoms in total. The second kappa shape index (κ2) is 7.40. The van der Waals surface area contributed by atoms with Crippen LogP contribution in [-0.4, -0.2) is 20.9 Å². The third-order valence-electron chi connectivity index (χ3n) is 3.84. The van der Waals surface area contributed by atoms with Gasteiger partial charge >= 0.3 is 0 Å². The Bertz CT molecular complexity index is 920. The highest BCUT2D eigenvalue weighted by Gasteiger charge is 2.16. The Balaban J connectivity index is 1.77. The van der Waals surface area contributed by atoms with E-state index in [0.29, 0.717) is 17.1 Å². The summed E-state index contributed by atoms with van der Waals surface area (Å²) in [4.78, 5) is 36.9. The molecule has 0 fully saturated rings. The first-order valence-electron chi connectivity index (χ1n) is 7.87. The Kier molecular flexibility index (Phi) is 5.04. The molecule has 0 radical (unpaired) electrons. The molecule has 1 atom stereocenters. The van der Waals surface area contributed by atoms with Crippen molar-refractivity contribution >= 4 is 17.2 Å². The lowest BCUT2D eigenvalue weighted by molar-refractivity contribution is -0.121. The average Bonchev–Trinajstić information content (AvgIpc) is 3.13. The van der Waals surface area contributed by atoms with Crippen molar-refractivity contribution in [3.63, 3.8) is 0 Å². The van der Waals surface area contributed by atoms with Crippen molar-refractivity contribution < 1.29 is 4.79 Å². The molecule has 1 unspecified atom stereocenters. The van der Waals surface area contributed by atoms with Gasteiger partial charge in [-0.3, -0.25) is 14.6 Å². The molecule has 25 heavy (non-hydrogen) atoms. The molecule has 0 aliphatic heterocycles. The highest BCUT2D eigenvalue weighted by molar-refractivity contribution is 7.10. The van der Waals surface area contributed by atoms with Crippen molar-refractivity contribution in [1.29, 1.82) is 0 Å². The standard InChI is InChI=1S/C18H18N4O2S/c1-11-14(9-16(23)20-12(2)15-6-4-8-25-15)18(24)22-17(21-11)13-5-3-7-19-10-13/h3-8,10,12H,9H2,1-2H3,(H,20,23)(H,21,22,24). The van der Waals surface area contributed by atoms with Crippen molar-refractivity contribution in [3.05, 3.63) is 68.5 Å². The number of pyridine rings is 1. The molecule has 0 aliphatic rings. The van der Waals surface area contributed by atoms with E-state index in [0.717, 1.165) is 10.4 Å². The van der Waals surface area contributed by atoms with Crippen LogP contribution in [0.2, 0.25) is 0 Å². The maximum absolute atomic E-state index is 12.4. The third kappa shape index (κ3) is 4.00. The summed E-state index contributed by atoms with van der Waals surface area (Å²) in [6.07, 6.45) is 3.28. The minimum atomic E-state index is -0.301. The second-order valence-corrected chi connectivity index (χ2v) is 6.68. The van der Waals surface area contributed by atoms with Gasteiger partial charge in [-0.15, -0.1) is 11.3 Å². The number of aromatic nitrogens is 3. The number of thiophene rings is 1. The molecule has 7 heteroatoms. The van der Waals surface area contributed by atoms with Crippen LogP contribution in [0.4, 0.5) is 0 Å². The molecule has 0 saturated heterocycles. The average molecular weight is 354 g/mol. The number of nitrogens with zero attached hydrogens (tertiary/aromatic N) is 2. The zero-order chi connectivity index (χ0) is 17.8. The summed E-state index contributed by atoms with van der Waals surface area (Å²) in [5.41, 5.74) is 1.35. The maximum atomic E-state index is 12.4. The van der Waals surface area contributed by atoms with Crippen molar-refractivity contribution in [1.82, 2.24) is 20.3 Å². The number of H-pyrrole nitrogens is 1. The molecule has 3 aromatic heterocycles. The van der Waals surface area contributed by atoms with E-state index in [1.165, 1.54) is 0 Å². The van der Waals surface area contributed by atoms with Gasteiger partial charge in [0.15, 0.2) is 0 Å². The van der Waals surface area contributed by atoms with Gasteiger partial charge in [-0.2, -0.15) is 0 Å². The Morgan fingerprint density at radius 3 is 2.84 bits per heavy atom. The molecule has 0 aliphatic carbocycles. The molecule has 0 bridgehead atoms. The van der Waals surface area contributed by atoms with Gasteiger partial charge in [-0.25, -0.2) is 4.98 Å².